The van der Waals surface area contributed by atoms with Gasteiger partial charge in [0.05, 0.1) is 0 Å². The van der Waals surface area contributed by atoms with E-state index in [0.717, 1.165) is 32.5 Å². The first-order valence-electron chi connectivity index (χ1n) is 8.83. The monoisotopic (exact) mass is 339 g/mol. The molecule has 0 radical (unpaired) electrons. The molecule has 1 aliphatic heterocycles. The molecule has 1 aromatic heterocycles. The summed E-state index contributed by atoms with van der Waals surface area (Å²) in [5.74, 6) is -0.0920. The van der Waals surface area contributed by atoms with Gasteiger partial charge in [0.1, 0.15) is 6.54 Å². The number of carbonyl (C=O) groups is 1. The highest BCUT2D eigenvalue weighted by molar-refractivity contribution is 5.76. The molecule has 25 heavy (non-hydrogen) atoms. The van der Waals surface area contributed by atoms with E-state index in [0.29, 0.717) is 0 Å². The number of carbonyl (C=O) groups excluding carboxylic acids is 1. The predicted molar refractivity (Wildman–Crippen MR) is 98.3 cm³/mol. The molecule has 1 amide bonds. The Morgan fingerprint density at radius 2 is 1.84 bits per heavy atom. The molecule has 0 aliphatic carbocycles. The fourth-order valence-corrected chi connectivity index (χ4v) is 3.28. The van der Waals surface area contributed by atoms with Crippen molar-refractivity contribution in [3.63, 3.8) is 0 Å². The summed E-state index contributed by atoms with van der Waals surface area (Å²) in [5, 5.41) is 3.07. The van der Waals surface area contributed by atoms with Crippen molar-refractivity contribution in [3.8, 4) is 0 Å². The zero-order chi connectivity index (χ0) is 17.6. The van der Waals surface area contributed by atoms with Crippen molar-refractivity contribution < 1.29 is 4.79 Å². The van der Waals surface area contributed by atoms with Crippen LogP contribution in [0.5, 0.6) is 0 Å². The molecule has 1 saturated heterocycles. The van der Waals surface area contributed by atoms with Crippen LogP contribution in [0.3, 0.4) is 0 Å². The number of nitrogens with one attached hydrogen (secondary N) is 1. The number of benzene rings is 1. The molecule has 0 spiro atoms. The number of rotatable bonds is 5. The number of amides is 1. The average Bonchev–Trinajstić information content (AvgIpc) is 2.61. The first-order valence-corrected chi connectivity index (χ1v) is 8.83. The van der Waals surface area contributed by atoms with Gasteiger partial charge in [-0.15, -0.1) is 0 Å². The molecule has 0 bridgehead atoms. The zero-order valence-corrected chi connectivity index (χ0v) is 14.6. The summed E-state index contributed by atoms with van der Waals surface area (Å²) in [7, 11) is 0. The lowest BCUT2D eigenvalue weighted by molar-refractivity contribution is -0.122. The lowest BCUT2D eigenvalue weighted by Crippen LogP contribution is -2.45. The Morgan fingerprint density at radius 1 is 1.12 bits per heavy atom. The summed E-state index contributed by atoms with van der Waals surface area (Å²) in [4.78, 5) is 26.3. The maximum Gasteiger partial charge on any atom is 0.250 e. The van der Waals surface area contributed by atoms with E-state index in [1.54, 1.807) is 18.3 Å². The van der Waals surface area contributed by atoms with Crippen LogP contribution in [0.4, 0.5) is 0 Å². The van der Waals surface area contributed by atoms with Gasteiger partial charge in [-0.25, -0.2) is 0 Å². The summed E-state index contributed by atoms with van der Waals surface area (Å²) < 4.78 is 1.43. The quantitative estimate of drug-likeness (QED) is 0.906. The standard InChI is InChI=1S/C20H25N3O2/c1-16-6-2-3-7-17(16)14-22-12-9-18(10-13-22)21-19(24)15-23-11-5-4-8-20(23)25/h2-8,11,18H,9-10,12-15H2,1H3,(H,21,24). The Labute approximate surface area is 148 Å². The number of piperidine rings is 1. The highest BCUT2D eigenvalue weighted by Gasteiger charge is 2.21. The molecule has 5 heteroatoms. The van der Waals surface area contributed by atoms with E-state index in [1.807, 2.05) is 0 Å². The molecule has 2 heterocycles. The van der Waals surface area contributed by atoms with Crippen molar-refractivity contribution in [1.82, 2.24) is 14.8 Å². The smallest absolute Gasteiger partial charge is 0.250 e. The number of nitrogens with zero attached hydrogens (tertiary/aromatic N) is 2. The molecule has 5 nitrogen and oxygen atoms in total. The molecule has 132 valence electrons. The molecule has 0 saturated carbocycles. The molecule has 1 aliphatic rings. The number of aryl methyl sites for hydroxylation is 1. The lowest BCUT2D eigenvalue weighted by Gasteiger charge is -2.32. The molecule has 0 unspecified atom stereocenters. The molecule has 1 fully saturated rings. The Bertz CT molecular complexity index is 776. The van der Waals surface area contributed by atoms with Crippen LogP contribution in [0, 0.1) is 6.92 Å². The molecule has 1 aromatic carbocycles. The van der Waals surface area contributed by atoms with Gasteiger partial charge in [-0.3, -0.25) is 14.5 Å². The molecular weight excluding hydrogens is 314 g/mol. The van der Waals surface area contributed by atoms with Crippen molar-refractivity contribution in [2.24, 2.45) is 0 Å². The average molecular weight is 339 g/mol. The normalized spacial score (nSPS) is 15.9. The fraction of sp³-hybridized carbons (Fsp3) is 0.400. The minimum Gasteiger partial charge on any atom is -0.352 e. The van der Waals surface area contributed by atoms with Gasteiger partial charge in [0.25, 0.3) is 5.56 Å². The van der Waals surface area contributed by atoms with Crippen LogP contribution in [-0.2, 0) is 17.9 Å². The topological polar surface area (TPSA) is 54.3 Å². The minimum absolute atomic E-state index is 0.0864. The summed E-state index contributed by atoms with van der Waals surface area (Å²) in [6.45, 7) is 5.15. The van der Waals surface area contributed by atoms with E-state index < -0.39 is 0 Å². The van der Waals surface area contributed by atoms with Gasteiger partial charge < -0.3 is 9.88 Å². The van der Waals surface area contributed by atoms with Crippen molar-refractivity contribution in [2.75, 3.05) is 13.1 Å². The van der Waals surface area contributed by atoms with E-state index in [2.05, 4.69) is 41.4 Å². The van der Waals surface area contributed by atoms with Gasteiger partial charge in [-0.2, -0.15) is 0 Å². The van der Waals surface area contributed by atoms with Crippen molar-refractivity contribution in [1.29, 1.82) is 0 Å². The number of likely N-dealkylation sites (tertiary alicyclic amines) is 1. The number of aromatic nitrogens is 1. The Balaban J connectivity index is 1.46. The second-order valence-corrected chi connectivity index (χ2v) is 6.71. The SMILES string of the molecule is Cc1ccccc1CN1CCC(NC(=O)Cn2ccccc2=O)CC1. The minimum atomic E-state index is -0.147. The van der Waals surface area contributed by atoms with Crippen LogP contribution >= 0.6 is 0 Å². The van der Waals surface area contributed by atoms with E-state index in [9.17, 15) is 9.59 Å². The Hall–Kier alpha value is -2.40. The van der Waals surface area contributed by atoms with Crippen LogP contribution in [0.15, 0.2) is 53.5 Å². The first kappa shape index (κ1) is 17.4. The van der Waals surface area contributed by atoms with Crippen LogP contribution < -0.4 is 10.9 Å². The summed E-state index contributed by atoms with van der Waals surface area (Å²) >= 11 is 0. The van der Waals surface area contributed by atoms with Gasteiger partial charge in [0, 0.05) is 37.9 Å². The van der Waals surface area contributed by atoms with Crippen molar-refractivity contribution in [3.05, 3.63) is 70.1 Å². The number of hydrogen-bond acceptors (Lipinski definition) is 3. The predicted octanol–water partition coefficient (Wildman–Crippen LogP) is 1.94. The molecule has 0 atom stereocenters. The van der Waals surface area contributed by atoms with E-state index in [-0.39, 0.29) is 24.1 Å². The molecule has 3 rings (SSSR count). The molecule has 2 aromatic rings. The third-order valence-electron chi connectivity index (χ3n) is 4.82. The second-order valence-electron chi connectivity index (χ2n) is 6.71. The summed E-state index contributed by atoms with van der Waals surface area (Å²) in [6.07, 6.45) is 3.54. The highest BCUT2D eigenvalue weighted by Crippen LogP contribution is 2.16. The third-order valence-corrected chi connectivity index (χ3v) is 4.82. The van der Waals surface area contributed by atoms with E-state index in [1.165, 1.54) is 21.8 Å². The largest absolute Gasteiger partial charge is 0.352 e. The Morgan fingerprint density at radius 3 is 2.56 bits per heavy atom. The van der Waals surface area contributed by atoms with Gasteiger partial charge in [-0.05, 0) is 37.0 Å². The van der Waals surface area contributed by atoms with Crippen molar-refractivity contribution in [2.45, 2.75) is 38.9 Å². The van der Waals surface area contributed by atoms with Gasteiger partial charge in [0.15, 0.2) is 0 Å². The van der Waals surface area contributed by atoms with Gasteiger partial charge >= 0.3 is 0 Å². The molecular formula is C20H25N3O2. The van der Waals surface area contributed by atoms with Crippen LogP contribution in [0.2, 0.25) is 0 Å². The van der Waals surface area contributed by atoms with Gasteiger partial charge in [0.2, 0.25) is 5.91 Å². The lowest BCUT2D eigenvalue weighted by atomic mass is 10.0. The number of hydrogen-bond donors (Lipinski definition) is 1. The van der Waals surface area contributed by atoms with E-state index in [4.69, 9.17) is 0 Å². The maximum absolute atomic E-state index is 12.2. The van der Waals surface area contributed by atoms with E-state index >= 15 is 0 Å². The molecule has 1 N–H and O–H groups in total. The maximum atomic E-state index is 12.2. The summed E-state index contributed by atoms with van der Waals surface area (Å²) in [6, 6.07) is 13.6. The zero-order valence-electron chi connectivity index (χ0n) is 14.6. The Kier molecular flexibility index (Phi) is 5.66. The third kappa shape index (κ3) is 4.79. The summed E-state index contributed by atoms with van der Waals surface area (Å²) in [5.41, 5.74) is 2.55. The number of pyridine rings is 1. The van der Waals surface area contributed by atoms with Crippen molar-refractivity contribution >= 4 is 5.91 Å². The van der Waals surface area contributed by atoms with Crippen LogP contribution in [-0.4, -0.2) is 34.5 Å². The van der Waals surface area contributed by atoms with Crippen LogP contribution in [0.25, 0.3) is 0 Å². The second kappa shape index (κ2) is 8.12. The fourth-order valence-electron chi connectivity index (χ4n) is 3.28. The van der Waals surface area contributed by atoms with Crippen LogP contribution in [0.1, 0.15) is 24.0 Å². The van der Waals surface area contributed by atoms with Gasteiger partial charge in [-0.1, -0.05) is 30.3 Å². The highest BCUT2D eigenvalue weighted by atomic mass is 16.2. The first-order chi connectivity index (χ1) is 12.1.